The van der Waals surface area contributed by atoms with Crippen molar-refractivity contribution in [1.82, 2.24) is 0 Å². The highest BCUT2D eigenvalue weighted by Gasteiger charge is 2.15. The molecule has 0 aromatic heterocycles. The van der Waals surface area contributed by atoms with Crippen LogP contribution in [0, 0.1) is 10.1 Å². The first-order valence-corrected chi connectivity index (χ1v) is 5.79. The van der Waals surface area contributed by atoms with Gasteiger partial charge in [0.15, 0.2) is 0 Å². The minimum Gasteiger partial charge on any atom is -0.378 e. The Morgan fingerprint density at radius 2 is 2.11 bits per heavy atom. The van der Waals surface area contributed by atoms with Gasteiger partial charge in [-0.1, -0.05) is 0 Å². The fourth-order valence-electron chi connectivity index (χ4n) is 1.43. The summed E-state index contributed by atoms with van der Waals surface area (Å²) in [6.07, 6.45) is 0. The predicted octanol–water partition coefficient (Wildman–Crippen LogP) is 0.884. The summed E-state index contributed by atoms with van der Waals surface area (Å²) in [6, 6.07) is 4.59. The molecule has 0 unspecified atom stereocenters. The smallest absolute Gasteiger partial charge is 0.292 e. The zero-order valence-electron chi connectivity index (χ0n) is 9.80. The third kappa shape index (κ3) is 3.73. The van der Waals surface area contributed by atoms with Crippen LogP contribution in [-0.2, 0) is 0 Å². The zero-order valence-corrected chi connectivity index (χ0v) is 10.6. The number of nitrogens with one attached hydrogen (secondary N) is 1. The number of nitro benzene ring substituents is 1. The second-order valence-electron chi connectivity index (χ2n) is 3.55. The molecule has 100 valence electrons. The summed E-state index contributed by atoms with van der Waals surface area (Å²) in [5, 5.41) is 13.8. The lowest BCUT2D eigenvalue weighted by atomic mass is 10.2. The summed E-state index contributed by atoms with van der Waals surface area (Å²) in [5.74, 6) is 0. The van der Waals surface area contributed by atoms with Crippen molar-refractivity contribution in [3.8, 4) is 0 Å². The molecule has 0 bridgehead atoms. The van der Waals surface area contributed by atoms with E-state index in [0.29, 0.717) is 37.6 Å². The van der Waals surface area contributed by atoms with Crippen molar-refractivity contribution in [2.24, 2.45) is 11.5 Å². The standard InChI is InChI=1S/C10H16ClN5O2/c11-15(6-4-13)8-1-2-10(16(17)18)9(7-8)14-5-3-12/h1-2,7,14H,3-6,12-13H2. The van der Waals surface area contributed by atoms with E-state index in [-0.39, 0.29) is 5.69 Å². The lowest BCUT2D eigenvalue weighted by molar-refractivity contribution is -0.383. The van der Waals surface area contributed by atoms with Crippen LogP contribution >= 0.6 is 11.8 Å². The highest BCUT2D eigenvalue weighted by molar-refractivity contribution is 6.25. The van der Waals surface area contributed by atoms with Gasteiger partial charge in [0.25, 0.3) is 5.69 Å². The molecule has 18 heavy (non-hydrogen) atoms. The molecule has 0 saturated heterocycles. The Bertz CT molecular complexity index is 415. The molecule has 0 aliphatic heterocycles. The van der Waals surface area contributed by atoms with Gasteiger partial charge in [0, 0.05) is 44.0 Å². The second-order valence-corrected chi connectivity index (χ2v) is 3.96. The quantitative estimate of drug-likeness (QED) is 0.386. The van der Waals surface area contributed by atoms with Gasteiger partial charge < -0.3 is 16.8 Å². The van der Waals surface area contributed by atoms with E-state index in [2.05, 4.69) is 5.32 Å². The topological polar surface area (TPSA) is 110 Å². The molecule has 1 aromatic rings. The van der Waals surface area contributed by atoms with Gasteiger partial charge in [-0.25, -0.2) is 0 Å². The molecule has 7 nitrogen and oxygen atoms in total. The first-order valence-electron chi connectivity index (χ1n) is 5.46. The summed E-state index contributed by atoms with van der Waals surface area (Å²) in [7, 11) is 0. The van der Waals surface area contributed by atoms with Gasteiger partial charge >= 0.3 is 0 Å². The summed E-state index contributed by atoms with van der Waals surface area (Å²) in [6.45, 7) is 1.68. The van der Waals surface area contributed by atoms with Gasteiger partial charge in [-0.15, -0.1) is 0 Å². The summed E-state index contributed by atoms with van der Waals surface area (Å²) < 4.78 is 1.41. The van der Waals surface area contributed by atoms with Crippen molar-refractivity contribution >= 4 is 28.8 Å². The Balaban J connectivity index is 3.00. The Hall–Kier alpha value is -1.57. The molecule has 0 fully saturated rings. The highest BCUT2D eigenvalue weighted by atomic mass is 35.5. The van der Waals surface area contributed by atoms with E-state index < -0.39 is 4.92 Å². The molecule has 0 amide bonds. The molecule has 0 aliphatic carbocycles. The van der Waals surface area contributed by atoms with Crippen molar-refractivity contribution in [3.63, 3.8) is 0 Å². The van der Waals surface area contributed by atoms with Gasteiger partial charge in [-0.05, 0) is 12.1 Å². The van der Waals surface area contributed by atoms with Crippen LogP contribution in [0.4, 0.5) is 17.1 Å². The molecule has 0 spiro atoms. The minimum absolute atomic E-state index is 0.00925. The molecular formula is C10H16ClN5O2. The number of halogens is 1. The molecule has 8 heteroatoms. The van der Waals surface area contributed by atoms with Crippen LogP contribution < -0.4 is 21.2 Å². The maximum absolute atomic E-state index is 10.9. The van der Waals surface area contributed by atoms with E-state index in [0.717, 1.165) is 0 Å². The van der Waals surface area contributed by atoms with Gasteiger partial charge in [0.1, 0.15) is 5.69 Å². The van der Waals surface area contributed by atoms with Crippen LogP contribution in [0.5, 0.6) is 0 Å². The molecule has 0 saturated carbocycles. The van der Waals surface area contributed by atoms with Crippen LogP contribution in [0.1, 0.15) is 0 Å². The normalized spacial score (nSPS) is 10.2. The largest absolute Gasteiger partial charge is 0.378 e. The number of hydrogen-bond acceptors (Lipinski definition) is 6. The third-order valence-corrected chi connectivity index (χ3v) is 2.61. The molecule has 0 radical (unpaired) electrons. The van der Waals surface area contributed by atoms with E-state index >= 15 is 0 Å². The van der Waals surface area contributed by atoms with Crippen molar-refractivity contribution in [2.75, 3.05) is 35.9 Å². The fraction of sp³-hybridized carbons (Fsp3) is 0.400. The number of rotatable bonds is 7. The Kier molecular flexibility index (Phi) is 5.63. The molecule has 0 aliphatic rings. The number of benzene rings is 1. The summed E-state index contributed by atoms with van der Waals surface area (Å²) in [4.78, 5) is 10.4. The van der Waals surface area contributed by atoms with Gasteiger partial charge in [0.05, 0.1) is 10.6 Å². The van der Waals surface area contributed by atoms with E-state index in [4.69, 9.17) is 23.2 Å². The Morgan fingerprint density at radius 1 is 1.39 bits per heavy atom. The first kappa shape index (κ1) is 14.5. The van der Waals surface area contributed by atoms with E-state index in [1.165, 1.54) is 10.5 Å². The number of nitrogens with zero attached hydrogens (tertiary/aromatic N) is 2. The van der Waals surface area contributed by atoms with Crippen molar-refractivity contribution in [2.45, 2.75) is 0 Å². The van der Waals surface area contributed by atoms with Crippen molar-refractivity contribution < 1.29 is 4.92 Å². The first-order chi connectivity index (χ1) is 8.60. The molecule has 1 rings (SSSR count). The maximum Gasteiger partial charge on any atom is 0.292 e. The van der Waals surface area contributed by atoms with E-state index in [1.807, 2.05) is 0 Å². The van der Waals surface area contributed by atoms with Crippen LogP contribution in [0.25, 0.3) is 0 Å². The lowest BCUT2D eigenvalue weighted by Gasteiger charge is -2.16. The number of hydrogen-bond donors (Lipinski definition) is 3. The van der Waals surface area contributed by atoms with Gasteiger partial charge in [0.2, 0.25) is 0 Å². The number of anilines is 2. The van der Waals surface area contributed by atoms with E-state index in [1.54, 1.807) is 12.1 Å². The van der Waals surface area contributed by atoms with Crippen molar-refractivity contribution in [1.29, 1.82) is 0 Å². The lowest BCUT2D eigenvalue weighted by Crippen LogP contribution is -2.20. The average molecular weight is 274 g/mol. The zero-order chi connectivity index (χ0) is 13.5. The minimum atomic E-state index is -0.454. The van der Waals surface area contributed by atoms with Crippen molar-refractivity contribution in [3.05, 3.63) is 28.3 Å². The number of nitro groups is 1. The fourth-order valence-corrected chi connectivity index (χ4v) is 1.63. The highest BCUT2D eigenvalue weighted by Crippen LogP contribution is 2.30. The molecule has 0 atom stereocenters. The van der Waals surface area contributed by atoms with E-state index in [9.17, 15) is 10.1 Å². The summed E-state index contributed by atoms with van der Waals surface area (Å²) >= 11 is 5.98. The molecule has 1 aromatic carbocycles. The predicted molar refractivity (Wildman–Crippen MR) is 72.9 cm³/mol. The van der Waals surface area contributed by atoms with Crippen LogP contribution in [0.15, 0.2) is 18.2 Å². The maximum atomic E-state index is 10.9. The molecule has 5 N–H and O–H groups in total. The third-order valence-electron chi connectivity index (χ3n) is 2.24. The summed E-state index contributed by atoms with van der Waals surface area (Å²) in [5.41, 5.74) is 11.8. The monoisotopic (exact) mass is 273 g/mol. The second kappa shape index (κ2) is 7.00. The average Bonchev–Trinajstić information content (AvgIpc) is 2.36. The van der Waals surface area contributed by atoms with Crippen LogP contribution in [-0.4, -0.2) is 31.1 Å². The molecule has 0 heterocycles. The Morgan fingerprint density at radius 3 is 2.67 bits per heavy atom. The number of nitrogens with two attached hydrogens (primary N) is 2. The molecular weight excluding hydrogens is 258 g/mol. The van der Waals surface area contributed by atoms with Crippen LogP contribution in [0.3, 0.4) is 0 Å². The Labute approximate surface area is 110 Å². The van der Waals surface area contributed by atoms with Crippen LogP contribution in [0.2, 0.25) is 0 Å². The van der Waals surface area contributed by atoms with Gasteiger partial charge in [-0.3, -0.25) is 14.5 Å². The van der Waals surface area contributed by atoms with Gasteiger partial charge in [-0.2, -0.15) is 0 Å². The SMILES string of the molecule is NCCNc1cc(N(Cl)CCN)ccc1[N+](=O)[O-].